The molecule has 2 aromatic rings. The van der Waals surface area contributed by atoms with Crippen LogP contribution in [0.15, 0.2) is 36.7 Å². The van der Waals surface area contributed by atoms with Crippen LogP contribution in [0, 0.1) is 0 Å². The SMILES string of the molecule is NC(=O)c1cnc(Nc2ccccn2)cc1N[C@@H]1CCCNC1. The van der Waals surface area contributed by atoms with Crippen molar-refractivity contribution in [3.8, 4) is 0 Å². The molecule has 0 radical (unpaired) electrons. The summed E-state index contributed by atoms with van der Waals surface area (Å²) in [5.41, 5.74) is 6.54. The number of hydrogen-bond acceptors (Lipinski definition) is 6. The van der Waals surface area contributed by atoms with Gasteiger partial charge in [-0.05, 0) is 31.5 Å². The average molecular weight is 312 g/mol. The lowest BCUT2D eigenvalue weighted by atomic mass is 10.1. The monoisotopic (exact) mass is 312 g/mol. The van der Waals surface area contributed by atoms with Crippen molar-refractivity contribution in [3.05, 3.63) is 42.2 Å². The van der Waals surface area contributed by atoms with Crippen LogP contribution in [-0.4, -0.2) is 35.0 Å². The predicted molar refractivity (Wildman–Crippen MR) is 89.8 cm³/mol. The van der Waals surface area contributed by atoms with E-state index in [1.165, 1.54) is 6.20 Å². The first-order valence-electron chi connectivity index (χ1n) is 7.67. The Labute approximate surface area is 134 Å². The Morgan fingerprint density at radius 3 is 2.91 bits per heavy atom. The van der Waals surface area contributed by atoms with Crippen LogP contribution < -0.4 is 21.7 Å². The number of nitrogens with zero attached hydrogens (tertiary/aromatic N) is 2. The number of nitrogens with two attached hydrogens (primary N) is 1. The minimum absolute atomic E-state index is 0.270. The molecular weight excluding hydrogens is 292 g/mol. The molecule has 7 nitrogen and oxygen atoms in total. The van der Waals surface area contributed by atoms with Crippen LogP contribution >= 0.6 is 0 Å². The van der Waals surface area contributed by atoms with Crippen LogP contribution in [0.2, 0.25) is 0 Å². The lowest BCUT2D eigenvalue weighted by Gasteiger charge is -2.25. The third kappa shape index (κ3) is 3.95. The molecule has 1 atom stereocenters. The molecule has 0 unspecified atom stereocenters. The van der Waals surface area contributed by atoms with E-state index in [9.17, 15) is 4.79 Å². The molecule has 0 spiro atoms. The Kier molecular flexibility index (Phi) is 4.68. The topological polar surface area (TPSA) is 105 Å². The van der Waals surface area contributed by atoms with E-state index in [1.807, 2.05) is 18.2 Å². The van der Waals surface area contributed by atoms with Gasteiger partial charge in [-0.25, -0.2) is 9.97 Å². The van der Waals surface area contributed by atoms with Gasteiger partial charge < -0.3 is 21.7 Å². The molecule has 3 rings (SSSR count). The van der Waals surface area contributed by atoms with E-state index in [1.54, 1.807) is 12.3 Å². The molecule has 0 saturated carbocycles. The summed E-state index contributed by atoms with van der Waals surface area (Å²) < 4.78 is 0. The van der Waals surface area contributed by atoms with Gasteiger partial charge in [0, 0.05) is 31.0 Å². The summed E-state index contributed by atoms with van der Waals surface area (Å²) in [5.74, 6) is 0.810. The van der Waals surface area contributed by atoms with Gasteiger partial charge in [-0.15, -0.1) is 0 Å². The highest BCUT2D eigenvalue weighted by atomic mass is 16.1. The number of anilines is 3. The molecule has 1 aliphatic heterocycles. The van der Waals surface area contributed by atoms with E-state index < -0.39 is 5.91 Å². The first-order chi connectivity index (χ1) is 11.2. The number of nitrogens with one attached hydrogen (secondary N) is 3. The van der Waals surface area contributed by atoms with Crippen LogP contribution in [-0.2, 0) is 0 Å². The van der Waals surface area contributed by atoms with E-state index in [0.717, 1.165) is 25.9 Å². The molecule has 7 heteroatoms. The molecular formula is C16H20N6O. The summed E-state index contributed by atoms with van der Waals surface area (Å²) >= 11 is 0. The molecule has 0 aliphatic carbocycles. The smallest absolute Gasteiger partial charge is 0.252 e. The van der Waals surface area contributed by atoms with Gasteiger partial charge in [-0.3, -0.25) is 4.79 Å². The normalized spacial score (nSPS) is 17.5. The zero-order valence-corrected chi connectivity index (χ0v) is 12.7. The number of hydrogen-bond donors (Lipinski definition) is 4. The Bertz CT molecular complexity index is 670. The van der Waals surface area contributed by atoms with E-state index in [0.29, 0.717) is 22.9 Å². The van der Waals surface area contributed by atoms with E-state index in [4.69, 9.17) is 5.73 Å². The third-order valence-electron chi connectivity index (χ3n) is 3.75. The van der Waals surface area contributed by atoms with Crippen LogP contribution in [0.25, 0.3) is 0 Å². The lowest BCUT2D eigenvalue weighted by Crippen LogP contribution is -2.38. The van der Waals surface area contributed by atoms with Gasteiger partial charge in [0.05, 0.1) is 11.3 Å². The number of primary amides is 1. The molecule has 1 aliphatic rings. The maximum absolute atomic E-state index is 11.6. The number of rotatable bonds is 5. The van der Waals surface area contributed by atoms with Crippen LogP contribution in [0.5, 0.6) is 0 Å². The number of piperidine rings is 1. The molecule has 120 valence electrons. The molecule has 1 saturated heterocycles. The van der Waals surface area contributed by atoms with Crippen molar-refractivity contribution in [2.45, 2.75) is 18.9 Å². The first-order valence-corrected chi connectivity index (χ1v) is 7.67. The van der Waals surface area contributed by atoms with Gasteiger partial charge in [-0.1, -0.05) is 6.07 Å². The minimum atomic E-state index is -0.492. The highest BCUT2D eigenvalue weighted by Gasteiger charge is 2.17. The molecule has 23 heavy (non-hydrogen) atoms. The van der Waals surface area contributed by atoms with E-state index in [2.05, 4.69) is 25.9 Å². The maximum atomic E-state index is 11.6. The summed E-state index contributed by atoms with van der Waals surface area (Å²) in [5, 5.41) is 9.85. The standard InChI is InChI=1S/C16H20N6O/c17-16(23)12-10-20-15(22-14-5-1-2-7-19-14)8-13(12)21-11-4-3-6-18-9-11/h1-2,5,7-8,10-11,18H,3-4,6,9H2,(H2,17,23)(H2,19,20,21,22)/t11-/m1/s1. The summed E-state index contributed by atoms with van der Waals surface area (Å²) in [6, 6.07) is 7.65. The number of carbonyl (C=O) groups excluding carboxylic acids is 1. The Morgan fingerprint density at radius 1 is 1.30 bits per heavy atom. The van der Waals surface area contributed by atoms with Crippen molar-refractivity contribution in [1.29, 1.82) is 0 Å². The van der Waals surface area contributed by atoms with Gasteiger partial charge >= 0.3 is 0 Å². The van der Waals surface area contributed by atoms with Crippen LogP contribution in [0.1, 0.15) is 23.2 Å². The van der Waals surface area contributed by atoms with Crippen molar-refractivity contribution in [3.63, 3.8) is 0 Å². The van der Waals surface area contributed by atoms with Crippen molar-refractivity contribution in [2.75, 3.05) is 23.7 Å². The number of pyridine rings is 2. The van der Waals surface area contributed by atoms with E-state index in [-0.39, 0.29) is 6.04 Å². The second-order valence-electron chi connectivity index (χ2n) is 5.51. The number of carbonyl (C=O) groups is 1. The van der Waals surface area contributed by atoms with Crippen molar-refractivity contribution in [1.82, 2.24) is 15.3 Å². The largest absolute Gasteiger partial charge is 0.380 e. The minimum Gasteiger partial charge on any atom is -0.380 e. The molecule has 2 aromatic heterocycles. The Balaban J connectivity index is 1.82. The van der Waals surface area contributed by atoms with Crippen LogP contribution in [0.3, 0.4) is 0 Å². The summed E-state index contributed by atoms with van der Waals surface area (Å²) in [6.45, 7) is 1.90. The summed E-state index contributed by atoms with van der Waals surface area (Å²) in [7, 11) is 0. The molecule has 0 aromatic carbocycles. The predicted octanol–water partition coefficient (Wildman–Crippen LogP) is 1.48. The summed E-state index contributed by atoms with van der Waals surface area (Å²) in [4.78, 5) is 20.1. The van der Waals surface area contributed by atoms with Gasteiger partial charge in [0.2, 0.25) is 0 Å². The third-order valence-corrected chi connectivity index (χ3v) is 3.75. The highest BCUT2D eigenvalue weighted by molar-refractivity contribution is 5.98. The maximum Gasteiger partial charge on any atom is 0.252 e. The molecule has 0 bridgehead atoms. The molecule has 1 fully saturated rings. The summed E-state index contributed by atoms with van der Waals surface area (Å²) in [6.07, 6.45) is 5.35. The fourth-order valence-corrected chi connectivity index (χ4v) is 2.60. The first kappa shape index (κ1) is 15.2. The fourth-order valence-electron chi connectivity index (χ4n) is 2.60. The Morgan fingerprint density at radius 2 is 2.22 bits per heavy atom. The zero-order chi connectivity index (χ0) is 16.1. The van der Waals surface area contributed by atoms with Crippen molar-refractivity contribution >= 4 is 23.2 Å². The van der Waals surface area contributed by atoms with E-state index >= 15 is 0 Å². The quantitative estimate of drug-likeness (QED) is 0.666. The highest BCUT2D eigenvalue weighted by Crippen LogP contribution is 2.22. The average Bonchev–Trinajstić information content (AvgIpc) is 2.57. The van der Waals surface area contributed by atoms with Crippen molar-refractivity contribution in [2.24, 2.45) is 5.73 Å². The molecule has 3 heterocycles. The van der Waals surface area contributed by atoms with Gasteiger partial charge in [-0.2, -0.15) is 0 Å². The second kappa shape index (κ2) is 7.06. The second-order valence-corrected chi connectivity index (χ2v) is 5.51. The van der Waals surface area contributed by atoms with Gasteiger partial charge in [0.15, 0.2) is 0 Å². The number of amides is 1. The Hall–Kier alpha value is -2.67. The molecule has 1 amide bonds. The fraction of sp³-hybridized carbons (Fsp3) is 0.312. The number of aromatic nitrogens is 2. The molecule has 5 N–H and O–H groups in total. The zero-order valence-electron chi connectivity index (χ0n) is 12.7. The van der Waals surface area contributed by atoms with Crippen molar-refractivity contribution < 1.29 is 4.79 Å². The lowest BCUT2D eigenvalue weighted by molar-refractivity contribution is 0.100. The van der Waals surface area contributed by atoms with Gasteiger partial charge in [0.1, 0.15) is 11.6 Å². The van der Waals surface area contributed by atoms with Crippen LogP contribution in [0.4, 0.5) is 17.3 Å². The van der Waals surface area contributed by atoms with Gasteiger partial charge in [0.25, 0.3) is 5.91 Å².